The first kappa shape index (κ1) is 25.0. The minimum atomic E-state index is -1.77. The van der Waals surface area contributed by atoms with Crippen molar-refractivity contribution in [3.63, 3.8) is 0 Å². The maximum atomic E-state index is 14.5. The van der Waals surface area contributed by atoms with Crippen LogP contribution in [0.5, 0.6) is 0 Å². The van der Waals surface area contributed by atoms with Crippen molar-refractivity contribution in [2.45, 2.75) is 13.0 Å². The van der Waals surface area contributed by atoms with E-state index in [9.17, 15) is 19.7 Å². The third-order valence-electron chi connectivity index (χ3n) is 7.27. The lowest BCUT2D eigenvalue weighted by Crippen LogP contribution is -2.47. The Kier molecular flexibility index (Phi) is 5.86. The molecule has 192 valence electrons. The number of non-ortho nitro benzene ring substituents is 1. The summed E-state index contributed by atoms with van der Waals surface area (Å²) in [6, 6.07) is 24.0. The van der Waals surface area contributed by atoms with Gasteiger partial charge in [0.1, 0.15) is 6.04 Å². The van der Waals surface area contributed by atoms with Gasteiger partial charge in [0.25, 0.3) is 5.69 Å². The highest BCUT2D eigenvalue weighted by Gasteiger charge is 2.66. The van der Waals surface area contributed by atoms with Crippen LogP contribution < -0.4 is 5.01 Å². The molecule has 0 bridgehead atoms. The van der Waals surface area contributed by atoms with E-state index in [1.165, 1.54) is 12.1 Å². The Morgan fingerprint density at radius 3 is 2.03 bits per heavy atom. The maximum Gasteiger partial charge on any atom is 0.269 e. The average molecular weight is 556 g/mol. The number of hydrogen-bond acceptors (Lipinski definition) is 6. The number of hydrazone groups is 1. The number of nitro groups is 1. The van der Waals surface area contributed by atoms with Crippen molar-refractivity contribution in [3.8, 4) is 0 Å². The predicted octanol–water partition coefficient (Wildman–Crippen LogP) is 7.24. The van der Waals surface area contributed by atoms with Gasteiger partial charge in [0, 0.05) is 33.8 Å². The standard InChI is InChI=1S/C30H19Cl2N3O4/c1-17-6-8-18(9-7-17)27-30(28(36)22-4-2-3-5-23(22)29(30)37)26(24-15-10-19(31)16-25(24)32)33-34(27)20-11-13-21(14-12-20)35(38)39/h2-16,27H,1H3/t27-/m1/s1. The highest BCUT2D eigenvalue weighted by Crippen LogP contribution is 2.56. The van der Waals surface area contributed by atoms with Gasteiger partial charge in [-0.05, 0) is 36.8 Å². The molecule has 0 fully saturated rings. The fraction of sp³-hybridized carbons (Fsp3) is 0.100. The molecule has 1 aliphatic heterocycles. The van der Waals surface area contributed by atoms with Crippen LogP contribution in [0.4, 0.5) is 11.4 Å². The Labute approximate surface area is 233 Å². The smallest absolute Gasteiger partial charge is 0.269 e. The molecule has 9 heteroatoms. The van der Waals surface area contributed by atoms with Crippen LogP contribution >= 0.6 is 23.2 Å². The second-order valence-corrected chi connectivity index (χ2v) is 10.4. The van der Waals surface area contributed by atoms with Crippen LogP contribution in [0.15, 0.2) is 96.1 Å². The van der Waals surface area contributed by atoms with Gasteiger partial charge in [0.15, 0.2) is 17.0 Å². The number of carbonyl (C=O) groups is 2. The van der Waals surface area contributed by atoms with Crippen LogP contribution in [0.3, 0.4) is 0 Å². The minimum absolute atomic E-state index is 0.0927. The molecular weight excluding hydrogens is 537 g/mol. The summed E-state index contributed by atoms with van der Waals surface area (Å²) in [5.41, 5.74) is 1.51. The van der Waals surface area contributed by atoms with Gasteiger partial charge in [0.05, 0.1) is 21.3 Å². The van der Waals surface area contributed by atoms with Crippen LogP contribution in [-0.2, 0) is 0 Å². The zero-order valence-corrected chi connectivity index (χ0v) is 22.0. The van der Waals surface area contributed by atoms with Crippen molar-refractivity contribution in [1.29, 1.82) is 0 Å². The third-order valence-corrected chi connectivity index (χ3v) is 7.82. The fourth-order valence-electron chi connectivity index (χ4n) is 5.45. The van der Waals surface area contributed by atoms with E-state index in [2.05, 4.69) is 0 Å². The van der Waals surface area contributed by atoms with Gasteiger partial charge >= 0.3 is 0 Å². The van der Waals surface area contributed by atoms with E-state index in [1.54, 1.807) is 59.6 Å². The van der Waals surface area contributed by atoms with Gasteiger partial charge in [-0.3, -0.25) is 24.7 Å². The molecule has 0 N–H and O–H groups in total. The SMILES string of the molecule is Cc1ccc([C@H]2N(c3ccc([N+](=O)[O-])cc3)N=C(c3ccc(Cl)cc3Cl)C23C(=O)c2ccccc2C3=O)cc1. The normalized spacial score (nSPS) is 17.5. The number of carbonyl (C=O) groups excluding carboxylic acids is 2. The van der Waals surface area contributed by atoms with Crippen LogP contribution in [0.1, 0.15) is 43.4 Å². The molecule has 0 radical (unpaired) electrons. The molecule has 0 saturated carbocycles. The number of aryl methyl sites for hydroxylation is 1. The van der Waals surface area contributed by atoms with Crippen molar-refractivity contribution < 1.29 is 14.5 Å². The molecule has 0 unspecified atom stereocenters. The molecule has 0 aromatic heterocycles. The Hall–Kier alpha value is -4.33. The number of hydrogen-bond donors (Lipinski definition) is 0. The quantitative estimate of drug-likeness (QED) is 0.150. The van der Waals surface area contributed by atoms with E-state index >= 15 is 0 Å². The number of rotatable bonds is 4. The van der Waals surface area contributed by atoms with Crippen molar-refractivity contribution in [2.75, 3.05) is 5.01 Å². The molecule has 0 saturated heterocycles. The van der Waals surface area contributed by atoms with Crippen molar-refractivity contribution in [3.05, 3.63) is 139 Å². The fourth-order valence-corrected chi connectivity index (χ4v) is 5.95. The van der Waals surface area contributed by atoms with Gasteiger partial charge in [-0.1, -0.05) is 83.4 Å². The Bertz CT molecular complexity index is 1680. The number of ketones is 2. The number of halogens is 2. The topological polar surface area (TPSA) is 92.9 Å². The largest absolute Gasteiger partial charge is 0.292 e. The molecule has 4 aromatic carbocycles. The summed E-state index contributed by atoms with van der Waals surface area (Å²) in [5.74, 6) is -0.772. The Morgan fingerprint density at radius 2 is 1.46 bits per heavy atom. The summed E-state index contributed by atoms with van der Waals surface area (Å²) in [5, 5.41) is 18.5. The third kappa shape index (κ3) is 3.69. The van der Waals surface area contributed by atoms with Crippen LogP contribution in [0.2, 0.25) is 10.0 Å². The number of nitrogens with zero attached hydrogens (tertiary/aromatic N) is 3. The average Bonchev–Trinajstić information content (AvgIpc) is 3.39. The van der Waals surface area contributed by atoms with E-state index in [0.29, 0.717) is 33.0 Å². The number of nitro benzene ring substituents is 1. The molecule has 6 rings (SSSR count). The van der Waals surface area contributed by atoms with Gasteiger partial charge in [-0.2, -0.15) is 5.10 Å². The molecule has 39 heavy (non-hydrogen) atoms. The molecule has 1 spiro atoms. The zero-order valence-electron chi connectivity index (χ0n) is 20.5. The van der Waals surface area contributed by atoms with Crippen LogP contribution in [-0.4, -0.2) is 22.2 Å². The summed E-state index contributed by atoms with van der Waals surface area (Å²) < 4.78 is 0. The van der Waals surface area contributed by atoms with Crippen molar-refractivity contribution >= 4 is 51.9 Å². The van der Waals surface area contributed by atoms with E-state index in [0.717, 1.165) is 5.56 Å². The molecule has 1 heterocycles. The second kappa shape index (κ2) is 9.15. The van der Waals surface area contributed by atoms with Crippen molar-refractivity contribution in [1.82, 2.24) is 0 Å². The Balaban J connectivity index is 1.67. The van der Waals surface area contributed by atoms with E-state index in [4.69, 9.17) is 28.3 Å². The molecular formula is C30H19Cl2N3O4. The van der Waals surface area contributed by atoms with E-state index in [-0.39, 0.29) is 28.0 Å². The lowest BCUT2D eigenvalue weighted by molar-refractivity contribution is -0.384. The van der Waals surface area contributed by atoms with E-state index in [1.807, 2.05) is 31.2 Å². The first-order chi connectivity index (χ1) is 18.7. The molecule has 4 aromatic rings. The van der Waals surface area contributed by atoms with Crippen molar-refractivity contribution in [2.24, 2.45) is 10.5 Å². The molecule has 0 amide bonds. The van der Waals surface area contributed by atoms with Gasteiger partial charge in [-0.15, -0.1) is 0 Å². The number of Topliss-reactive ketones (excluding diaryl/α,β-unsaturated/α-hetero) is 2. The molecule has 1 aliphatic carbocycles. The van der Waals surface area contributed by atoms with Gasteiger partial charge in [0.2, 0.25) is 0 Å². The second-order valence-electron chi connectivity index (χ2n) is 9.52. The predicted molar refractivity (Wildman–Crippen MR) is 150 cm³/mol. The lowest BCUT2D eigenvalue weighted by atomic mass is 9.68. The summed E-state index contributed by atoms with van der Waals surface area (Å²) >= 11 is 12.8. The number of benzene rings is 4. The highest BCUT2D eigenvalue weighted by molar-refractivity contribution is 6.46. The molecule has 1 atom stereocenters. The van der Waals surface area contributed by atoms with Gasteiger partial charge < -0.3 is 0 Å². The molecule has 7 nitrogen and oxygen atoms in total. The van der Waals surface area contributed by atoms with Crippen LogP contribution in [0, 0.1) is 22.5 Å². The van der Waals surface area contributed by atoms with Crippen LogP contribution in [0.25, 0.3) is 0 Å². The van der Waals surface area contributed by atoms with Gasteiger partial charge in [-0.25, -0.2) is 0 Å². The monoisotopic (exact) mass is 555 g/mol. The molecule has 2 aliphatic rings. The lowest BCUT2D eigenvalue weighted by Gasteiger charge is -2.34. The first-order valence-corrected chi connectivity index (χ1v) is 12.8. The first-order valence-electron chi connectivity index (χ1n) is 12.1. The zero-order chi connectivity index (χ0) is 27.5. The minimum Gasteiger partial charge on any atom is -0.292 e. The summed E-state index contributed by atoms with van der Waals surface area (Å²) in [7, 11) is 0. The summed E-state index contributed by atoms with van der Waals surface area (Å²) in [6.45, 7) is 1.94. The number of anilines is 1. The summed E-state index contributed by atoms with van der Waals surface area (Å²) in [4.78, 5) is 39.8. The maximum absolute atomic E-state index is 14.5. The Morgan fingerprint density at radius 1 is 0.846 bits per heavy atom. The summed E-state index contributed by atoms with van der Waals surface area (Å²) in [6.07, 6.45) is 0. The van der Waals surface area contributed by atoms with E-state index < -0.39 is 16.4 Å². The number of fused-ring (bicyclic) bond motifs is 1. The highest BCUT2D eigenvalue weighted by atomic mass is 35.5.